The molecular formula is C22H27NO5. The highest BCUT2D eigenvalue weighted by molar-refractivity contribution is 5.83. The van der Waals surface area contributed by atoms with Crippen LogP contribution < -0.4 is 14.8 Å². The molecule has 28 heavy (non-hydrogen) atoms. The molecule has 6 nitrogen and oxygen atoms in total. The van der Waals surface area contributed by atoms with Crippen molar-refractivity contribution in [2.45, 2.75) is 33.3 Å². The van der Waals surface area contributed by atoms with Crippen LogP contribution in [0.3, 0.4) is 0 Å². The van der Waals surface area contributed by atoms with Gasteiger partial charge in [-0.25, -0.2) is 4.79 Å². The van der Waals surface area contributed by atoms with Gasteiger partial charge in [0.1, 0.15) is 11.5 Å². The molecule has 0 aliphatic rings. The first-order valence-electron chi connectivity index (χ1n) is 9.19. The first kappa shape index (κ1) is 21.3. The quantitative estimate of drug-likeness (QED) is 0.672. The molecule has 0 spiro atoms. The average molecular weight is 385 g/mol. The summed E-state index contributed by atoms with van der Waals surface area (Å²) in [6.07, 6.45) is -0.210. The fraction of sp³-hybridized carbons (Fsp3) is 0.364. The largest absolute Gasteiger partial charge is 0.497 e. The molecule has 2 rings (SSSR count). The zero-order chi connectivity index (χ0) is 20.5. The van der Waals surface area contributed by atoms with Crippen molar-refractivity contribution < 1.29 is 23.8 Å². The number of hydrogen-bond donors (Lipinski definition) is 1. The topological polar surface area (TPSA) is 73.9 Å². The summed E-state index contributed by atoms with van der Waals surface area (Å²) in [7, 11) is 1.62. The third-order valence-corrected chi connectivity index (χ3v) is 4.23. The van der Waals surface area contributed by atoms with Crippen molar-refractivity contribution in [3.8, 4) is 11.5 Å². The molecule has 6 heteroatoms. The summed E-state index contributed by atoms with van der Waals surface area (Å²) < 4.78 is 15.7. The van der Waals surface area contributed by atoms with Crippen LogP contribution in [-0.4, -0.2) is 38.2 Å². The van der Waals surface area contributed by atoms with Gasteiger partial charge in [0.25, 0.3) is 5.91 Å². The second kappa shape index (κ2) is 10.3. The van der Waals surface area contributed by atoms with Gasteiger partial charge in [-0.15, -0.1) is 0 Å². The van der Waals surface area contributed by atoms with Gasteiger partial charge in [-0.2, -0.15) is 0 Å². The summed E-state index contributed by atoms with van der Waals surface area (Å²) in [6.45, 7) is 5.64. The summed E-state index contributed by atoms with van der Waals surface area (Å²) in [5.41, 5.74) is 3.14. The van der Waals surface area contributed by atoms with Gasteiger partial charge in [0.05, 0.1) is 7.11 Å². The number of amides is 1. The first-order valence-corrected chi connectivity index (χ1v) is 9.19. The van der Waals surface area contributed by atoms with Crippen molar-refractivity contribution in [2.75, 3.05) is 20.3 Å². The third kappa shape index (κ3) is 6.61. The molecular weight excluding hydrogens is 358 g/mol. The molecule has 1 atom stereocenters. The van der Waals surface area contributed by atoms with Gasteiger partial charge >= 0.3 is 5.97 Å². The van der Waals surface area contributed by atoms with Crippen LogP contribution in [0.25, 0.3) is 0 Å². The van der Waals surface area contributed by atoms with Crippen molar-refractivity contribution in [1.82, 2.24) is 5.32 Å². The summed E-state index contributed by atoms with van der Waals surface area (Å²) in [5, 5.41) is 2.77. The van der Waals surface area contributed by atoms with Crippen LogP contribution in [0.5, 0.6) is 11.5 Å². The Morgan fingerprint density at radius 2 is 1.79 bits per heavy atom. The van der Waals surface area contributed by atoms with Crippen LogP contribution in [0.15, 0.2) is 42.5 Å². The Morgan fingerprint density at radius 1 is 1.07 bits per heavy atom. The van der Waals surface area contributed by atoms with Crippen molar-refractivity contribution in [1.29, 1.82) is 0 Å². The molecule has 1 amide bonds. The number of nitrogens with one attached hydrogen (secondary N) is 1. The first-order chi connectivity index (χ1) is 13.4. The molecule has 1 N–H and O–H groups in total. The molecule has 0 bridgehead atoms. The zero-order valence-corrected chi connectivity index (χ0v) is 16.8. The lowest BCUT2D eigenvalue weighted by Gasteiger charge is -2.14. The normalized spacial score (nSPS) is 11.4. The van der Waals surface area contributed by atoms with Crippen molar-refractivity contribution in [2.24, 2.45) is 0 Å². The number of esters is 1. The van der Waals surface area contributed by atoms with Crippen LogP contribution in [-0.2, 0) is 20.7 Å². The minimum atomic E-state index is -0.883. The van der Waals surface area contributed by atoms with E-state index in [4.69, 9.17) is 14.2 Å². The number of carbonyl (C=O) groups excluding carboxylic acids is 2. The molecule has 0 aliphatic heterocycles. The molecule has 0 fully saturated rings. The summed E-state index contributed by atoms with van der Waals surface area (Å²) >= 11 is 0. The van der Waals surface area contributed by atoms with Crippen LogP contribution in [0, 0.1) is 13.8 Å². The van der Waals surface area contributed by atoms with E-state index < -0.39 is 12.1 Å². The van der Waals surface area contributed by atoms with E-state index in [1.807, 2.05) is 56.3 Å². The van der Waals surface area contributed by atoms with Gasteiger partial charge in [0.2, 0.25) is 0 Å². The lowest BCUT2D eigenvalue weighted by Crippen LogP contribution is -2.37. The Kier molecular flexibility index (Phi) is 7.87. The minimum Gasteiger partial charge on any atom is -0.497 e. The van der Waals surface area contributed by atoms with Crippen LogP contribution in [0.4, 0.5) is 0 Å². The zero-order valence-electron chi connectivity index (χ0n) is 16.8. The summed E-state index contributed by atoms with van der Waals surface area (Å²) in [6, 6.07) is 13.3. The summed E-state index contributed by atoms with van der Waals surface area (Å²) in [5.74, 6) is 0.488. The molecule has 150 valence electrons. The fourth-order valence-corrected chi connectivity index (χ4v) is 2.65. The van der Waals surface area contributed by atoms with E-state index in [2.05, 4.69) is 5.32 Å². The molecule has 0 heterocycles. The third-order valence-electron chi connectivity index (χ3n) is 4.23. The highest BCUT2D eigenvalue weighted by Crippen LogP contribution is 2.18. The second-order valence-electron chi connectivity index (χ2n) is 6.58. The average Bonchev–Trinajstić information content (AvgIpc) is 2.67. The Labute approximate surface area is 165 Å². The molecule has 2 aromatic rings. The highest BCUT2D eigenvalue weighted by atomic mass is 16.6. The standard InChI is InChI=1S/C22H27NO5/c1-15-5-10-20(16(2)13-15)27-14-21(24)28-17(3)22(25)23-12-11-18-6-8-19(26-4)9-7-18/h5-10,13,17H,11-12,14H2,1-4H3,(H,23,25)/t17-/m1/s1. The van der Waals surface area contributed by atoms with Crippen molar-refractivity contribution in [3.05, 3.63) is 59.2 Å². The van der Waals surface area contributed by atoms with E-state index in [1.165, 1.54) is 6.92 Å². The number of hydrogen-bond acceptors (Lipinski definition) is 5. The number of methoxy groups -OCH3 is 1. The maximum absolute atomic E-state index is 12.1. The van der Waals surface area contributed by atoms with E-state index in [9.17, 15) is 9.59 Å². The molecule has 2 aromatic carbocycles. The van der Waals surface area contributed by atoms with E-state index >= 15 is 0 Å². The minimum absolute atomic E-state index is 0.243. The van der Waals surface area contributed by atoms with E-state index in [0.717, 1.165) is 22.4 Å². The number of rotatable bonds is 9. The van der Waals surface area contributed by atoms with Crippen molar-refractivity contribution in [3.63, 3.8) is 0 Å². The Balaban J connectivity index is 1.70. The predicted molar refractivity (Wildman–Crippen MR) is 107 cm³/mol. The molecule has 0 saturated heterocycles. The van der Waals surface area contributed by atoms with Gasteiger partial charge in [-0.1, -0.05) is 29.8 Å². The van der Waals surface area contributed by atoms with Gasteiger partial charge in [-0.05, 0) is 56.5 Å². The monoisotopic (exact) mass is 385 g/mol. The maximum atomic E-state index is 12.1. The van der Waals surface area contributed by atoms with Gasteiger partial charge < -0.3 is 19.5 Å². The SMILES string of the molecule is COc1ccc(CCNC(=O)[C@@H](C)OC(=O)COc2ccc(C)cc2C)cc1. The van der Waals surface area contributed by atoms with Crippen molar-refractivity contribution >= 4 is 11.9 Å². The number of aryl methyl sites for hydroxylation is 2. The highest BCUT2D eigenvalue weighted by Gasteiger charge is 2.18. The molecule has 0 radical (unpaired) electrons. The van der Waals surface area contributed by atoms with Gasteiger partial charge in [0.15, 0.2) is 12.7 Å². The maximum Gasteiger partial charge on any atom is 0.344 e. The smallest absolute Gasteiger partial charge is 0.344 e. The molecule has 0 aliphatic carbocycles. The number of carbonyl (C=O) groups is 2. The van der Waals surface area contributed by atoms with E-state index in [-0.39, 0.29) is 12.5 Å². The predicted octanol–water partition coefficient (Wildman–Crippen LogP) is 2.98. The summed E-state index contributed by atoms with van der Waals surface area (Å²) in [4.78, 5) is 24.0. The Morgan fingerprint density at radius 3 is 2.43 bits per heavy atom. The van der Waals surface area contributed by atoms with Crippen LogP contribution in [0.2, 0.25) is 0 Å². The van der Waals surface area contributed by atoms with E-state index in [1.54, 1.807) is 7.11 Å². The molecule has 0 unspecified atom stereocenters. The van der Waals surface area contributed by atoms with Gasteiger partial charge in [0, 0.05) is 6.54 Å². The number of ether oxygens (including phenoxy) is 3. The Bertz CT molecular complexity index is 801. The Hall–Kier alpha value is -3.02. The fourth-order valence-electron chi connectivity index (χ4n) is 2.65. The number of benzene rings is 2. The lowest BCUT2D eigenvalue weighted by atomic mass is 10.1. The van der Waals surface area contributed by atoms with Crippen LogP contribution >= 0.6 is 0 Å². The van der Waals surface area contributed by atoms with Crippen LogP contribution in [0.1, 0.15) is 23.6 Å². The second-order valence-corrected chi connectivity index (χ2v) is 6.58. The lowest BCUT2D eigenvalue weighted by molar-refractivity contribution is -0.156. The van der Waals surface area contributed by atoms with Gasteiger partial charge in [-0.3, -0.25) is 4.79 Å². The molecule has 0 saturated carbocycles. The molecule has 0 aromatic heterocycles. The van der Waals surface area contributed by atoms with E-state index in [0.29, 0.717) is 18.7 Å².